The van der Waals surface area contributed by atoms with E-state index < -0.39 is 5.97 Å². The molecule has 1 rings (SSSR count). The zero-order valence-corrected chi connectivity index (χ0v) is 14.2. The van der Waals surface area contributed by atoms with E-state index in [0.29, 0.717) is 6.61 Å². The second-order valence-corrected chi connectivity index (χ2v) is 6.96. The van der Waals surface area contributed by atoms with Gasteiger partial charge in [0.05, 0.1) is 11.2 Å². The van der Waals surface area contributed by atoms with Crippen LogP contribution in [0.4, 0.5) is 0 Å². The lowest BCUT2D eigenvalue weighted by Gasteiger charge is -2.30. The maximum atomic E-state index is 10.1. The van der Waals surface area contributed by atoms with E-state index in [2.05, 4.69) is 47.0 Å². The largest absolute Gasteiger partial charge is 0.480 e. The third kappa shape index (κ3) is 15.5. The predicted molar refractivity (Wildman–Crippen MR) is 80.9 cm³/mol. The van der Waals surface area contributed by atoms with Crippen molar-refractivity contribution in [2.45, 2.75) is 78.3 Å². The molecule has 6 heteroatoms. The van der Waals surface area contributed by atoms with Crippen LogP contribution < -0.4 is 5.48 Å². The molecule has 21 heavy (non-hydrogen) atoms. The Labute approximate surface area is 128 Å². The lowest BCUT2D eigenvalue weighted by Crippen LogP contribution is -2.32. The Hall–Kier alpha value is -0.690. The van der Waals surface area contributed by atoms with Crippen LogP contribution in [0, 0.1) is 0 Å². The number of carbonyl (C=O) groups is 1. The van der Waals surface area contributed by atoms with Crippen molar-refractivity contribution in [1.29, 1.82) is 0 Å². The van der Waals surface area contributed by atoms with Gasteiger partial charge in [0.25, 0.3) is 0 Å². The summed E-state index contributed by atoms with van der Waals surface area (Å²) in [6, 6.07) is 0. The van der Waals surface area contributed by atoms with Crippen molar-refractivity contribution in [3.8, 4) is 0 Å². The maximum Gasteiger partial charge on any atom is 0.319 e. The molecule has 1 heterocycles. The Bertz CT molecular complexity index is 275. The van der Waals surface area contributed by atoms with Crippen LogP contribution in [0.25, 0.3) is 0 Å². The molecule has 0 saturated carbocycles. The molecule has 0 amide bonds. The molecule has 1 saturated heterocycles. The molecule has 1 aliphatic rings. The van der Waals surface area contributed by atoms with Crippen molar-refractivity contribution in [2.75, 3.05) is 13.2 Å². The summed E-state index contributed by atoms with van der Waals surface area (Å²) in [5.74, 6) is -0.939. The van der Waals surface area contributed by atoms with Gasteiger partial charge >= 0.3 is 5.97 Å². The van der Waals surface area contributed by atoms with Crippen molar-refractivity contribution in [2.24, 2.45) is 0 Å². The molecule has 0 radical (unpaired) electrons. The maximum absolute atomic E-state index is 10.1. The minimum Gasteiger partial charge on any atom is -0.480 e. The number of hydrogen-bond acceptors (Lipinski definition) is 5. The van der Waals surface area contributed by atoms with Crippen LogP contribution >= 0.6 is 0 Å². The summed E-state index contributed by atoms with van der Waals surface area (Å²) in [5.41, 5.74) is 2.30. The summed E-state index contributed by atoms with van der Waals surface area (Å²) in [5, 5.41) is 8.26. The van der Waals surface area contributed by atoms with Gasteiger partial charge in [-0.1, -0.05) is 0 Å². The Morgan fingerprint density at radius 2 is 1.76 bits per heavy atom. The van der Waals surface area contributed by atoms with Gasteiger partial charge in [0.2, 0.25) is 0 Å². The number of carboxylic acid groups (broad SMARTS) is 1. The van der Waals surface area contributed by atoms with Crippen LogP contribution in [0.15, 0.2) is 0 Å². The van der Waals surface area contributed by atoms with Gasteiger partial charge in [0, 0.05) is 13.0 Å². The van der Waals surface area contributed by atoms with E-state index in [0.717, 1.165) is 19.3 Å². The summed E-state index contributed by atoms with van der Waals surface area (Å²) in [6.45, 7) is 12.9. The van der Waals surface area contributed by atoms with Gasteiger partial charge in [0.15, 0.2) is 6.29 Å². The summed E-state index contributed by atoms with van der Waals surface area (Å²) < 4.78 is 10.8. The molecule has 1 atom stereocenters. The average molecular weight is 305 g/mol. The molecule has 1 unspecified atom stereocenters. The SMILES string of the molecule is CC(C)(C)OC(C)(C)C.O=C(O)CNOC1CCCCO1. The third-order valence-electron chi connectivity index (χ3n) is 2.19. The number of rotatable bonds is 4. The minimum atomic E-state index is -0.939. The first-order chi connectivity index (χ1) is 9.49. The Morgan fingerprint density at radius 3 is 2.10 bits per heavy atom. The van der Waals surface area contributed by atoms with Crippen LogP contribution in [0.3, 0.4) is 0 Å². The predicted octanol–water partition coefficient (Wildman–Crippen LogP) is 2.72. The lowest BCUT2D eigenvalue weighted by atomic mass is 10.1. The molecular weight excluding hydrogens is 274 g/mol. The minimum absolute atomic E-state index is 0.0156. The van der Waals surface area contributed by atoms with E-state index in [9.17, 15) is 4.79 Å². The van der Waals surface area contributed by atoms with Gasteiger partial charge in [-0.3, -0.25) is 9.63 Å². The normalized spacial score (nSPS) is 19.6. The summed E-state index contributed by atoms with van der Waals surface area (Å²) in [7, 11) is 0. The molecule has 6 nitrogen and oxygen atoms in total. The van der Waals surface area contributed by atoms with Crippen LogP contribution in [0.5, 0.6) is 0 Å². The second kappa shape index (κ2) is 9.35. The topological polar surface area (TPSA) is 77.0 Å². The van der Waals surface area contributed by atoms with Gasteiger partial charge in [-0.05, 0) is 54.4 Å². The van der Waals surface area contributed by atoms with Gasteiger partial charge in [-0.2, -0.15) is 5.48 Å². The molecule has 1 fully saturated rings. The van der Waals surface area contributed by atoms with Crippen molar-refractivity contribution in [1.82, 2.24) is 5.48 Å². The smallest absolute Gasteiger partial charge is 0.319 e. The van der Waals surface area contributed by atoms with Gasteiger partial charge in [-0.25, -0.2) is 0 Å². The fourth-order valence-electron chi connectivity index (χ4n) is 1.92. The van der Waals surface area contributed by atoms with Crippen LogP contribution in [-0.4, -0.2) is 41.7 Å². The number of carboxylic acids is 1. The van der Waals surface area contributed by atoms with Gasteiger partial charge < -0.3 is 14.6 Å². The van der Waals surface area contributed by atoms with Crippen LogP contribution in [0.1, 0.15) is 60.8 Å². The Morgan fingerprint density at radius 1 is 1.19 bits per heavy atom. The van der Waals surface area contributed by atoms with E-state index in [1.165, 1.54) is 0 Å². The molecule has 0 aromatic rings. The first-order valence-electron chi connectivity index (χ1n) is 7.42. The monoisotopic (exact) mass is 305 g/mol. The standard InChI is InChI=1S/C8H18O.C7H13NO4/c1-7(2,3)9-8(4,5)6;9-6(10)5-8-12-7-3-1-2-4-11-7/h1-6H3;7-8H,1-5H2,(H,9,10). The highest BCUT2D eigenvalue weighted by Gasteiger charge is 2.20. The number of aliphatic carboxylic acids is 1. The number of ether oxygens (including phenoxy) is 2. The highest BCUT2D eigenvalue weighted by atomic mass is 16.8. The van der Waals surface area contributed by atoms with E-state index >= 15 is 0 Å². The van der Waals surface area contributed by atoms with E-state index in [4.69, 9.17) is 19.4 Å². The van der Waals surface area contributed by atoms with Gasteiger partial charge in [0.1, 0.15) is 6.54 Å². The number of hydrogen-bond donors (Lipinski definition) is 2. The zero-order chi connectivity index (χ0) is 16.5. The second-order valence-electron chi connectivity index (χ2n) is 6.96. The molecule has 0 aromatic heterocycles. The fraction of sp³-hybridized carbons (Fsp3) is 0.933. The lowest BCUT2D eigenvalue weighted by molar-refractivity contribution is -0.198. The van der Waals surface area contributed by atoms with Crippen molar-refractivity contribution in [3.63, 3.8) is 0 Å². The molecule has 1 aliphatic heterocycles. The number of hydroxylamine groups is 1. The molecule has 0 spiro atoms. The zero-order valence-electron chi connectivity index (χ0n) is 14.2. The van der Waals surface area contributed by atoms with Crippen molar-refractivity contribution >= 4 is 5.97 Å². The van der Waals surface area contributed by atoms with Crippen molar-refractivity contribution in [3.05, 3.63) is 0 Å². The molecule has 126 valence electrons. The molecule has 0 aromatic carbocycles. The van der Waals surface area contributed by atoms with Crippen LogP contribution in [0.2, 0.25) is 0 Å². The summed E-state index contributed by atoms with van der Waals surface area (Å²) in [6.07, 6.45) is 2.67. The van der Waals surface area contributed by atoms with Crippen LogP contribution in [-0.2, 0) is 19.1 Å². The van der Waals surface area contributed by atoms with Gasteiger partial charge in [-0.15, -0.1) is 0 Å². The molecule has 0 aliphatic carbocycles. The summed E-state index contributed by atoms with van der Waals surface area (Å²) >= 11 is 0. The highest BCUT2D eigenvalue weighted by Crippen LogP contribution is 2.18. The molecule has 0 bridgehead atoms. The molecular formula is C15H31NO5. The molecule has 2 N–H and O–H groups in total. The highest BCUT2D eigenvalue weighted by molar-refractivity contribution is 5.68. The van der Waals surface area contributed by atoms with E-state index in [1.807, 2.05) is 0 Å². The van der Waals surface area contributed by atoms with E-state index in [1.54, 1.807) is 0 Å². The fourth-order valence-corrected chi connectivity index (χ4v) is 1.92. The quantitative estimate of drug-likeness (QED) is 0.778. The number of nitrogens with one attached hydrogen (secondary N) is 1. The Balaban J connectivity index is 0.000000400. The Kier molecular flexibility index (Phi) is 9.04. The first-order valence-corrected chi connectivity index (χ1v) is 7.42. The first kappa shape index (κ1) is 20.3. The van der Waals surface area contributed by atoms with E-state index in [-0.39, 0.29) is 24.0 Å². The third-order valence-corrected chi connectivity index (χ3v) is 2.19. The summed E-state index contributed by atoms with van der Waals surface area (Å²) in [4.78, 5) is 15.0. The average Bonchev–Trinajstić information content (AvgIpc) is 2.25. The van der Waals surface area contributed by atoms with Crippen molar-refractivity contribution < 1.29 is 24.2 Å².